The lowest BCUT2D eigenvalue weighted by Crippen LogP contribution is -2.37. The number of benzene rings is 2. The minimum atomic E-state index is -3.72. The highest BCUT2D eigenvalue weighted by Gasteiger charge is 2.29. The standard InChI is InChI=1S/C17H18N2O5S/c1-2-23-17(20)18-13-7-9-14(10-8-13)25(21,22)19-11-12-24-16-6-4-3-5-15(16)19/h3-10H,2,11-12H2,1H3,(H,18,20). The van der Waals surface area contributed by atoms with Crippen molar-refractivity contribution in [1.29, 1.82) is 0 Å². The van der Waals surface area contributed by atoms with Gasteiger partial charge >= 0.3 is 6.09 Å². The average molecular weight is 362 g/mol. The number of hydrogen-bond acceptors (Lipinski definition) is 5. The third-order valence-electron chi connectivity index (χ3n) is 3.65. The topological polar surface area (TPSA) is 84.9 Å². The molecule has 132 valence electrons. The van der Waals surface area contributed by atoms with Gasteiger partial charge in [0, 0.05) is 5.69 Å². The molecule has 1 amide bonds. The van der Waals surface area contributed by atoms with Gasteiger partial charge in [0.15, 0.2) is 0 Å². The summed E-state index contributed by atoms with van der Waals surface area (Å²) in [4.78, 5) is 11.5. The molecule has 2 aromatic carbocycles. The number of ether oxygens (including phenoxy) is 2. The van der Waals surface area contributed by atoms with Crippen molar-refractivity contribution >= 4 is 27.5 Å². The predicted octanol–water partition coefficient (Wildman–Crippen LogP) is 2.84. The molecule has 3 rings (SSSR count). The molecule has 8 heteroatoms. The Balaban J connectivity index is 1.85. The van der Waals surface area contributed by atoms with Crippen molar-refractivity contribution in [2.24, 2.45) is 0 Å². The number of nitrogens with zero attached hydrogens (tertiary/aromatic N) is 1. The number of carbonyl (C=O) groups is 1. The van der Waals surface area contributed by atoms with E-state index in [1.54, 1.807) is 31.2 Å². The molecule has 0 aromatic heterocycles. The van der Waals surface area contributed by atoms with Crippen LogP contribution in [-0.4, -0.2) is 34.3 Å². The highest BCUT2D eigenvalue weighted by atomic mass is 32.2. The van der Waals surface area contributed by atoms with Crippen molar-refractivity contribution < 1.29 is 22.7 Å². The summed E-state index contributed by atoms with van der Waals surface area (Å²) in [6.45, 7) is 2.49. The lowest BCUT2D eigenvalue weighted by molar-refractivity contribution is 0.168. The molecule has 0 spiro atoms. The number of carbonyl (C=O) groups excluding carboxylic acids is 1. The van der Waals surface area contributed by atoms with Crippen LogP contribution in [0.4, 0.5) is 16.2 Å². The Bertz CT molecular complexity index is 865. The van der Waals surface area contributed by atoms with E-state index in [0.29, 0.717) is 23.7 Å². The van der Waals surface area contributed by atoms with Crippen LogP contribution in [0.3, 0.4) is 0 Å². The maximum Gasteiger partial charge on any atom is 0.411 e. The first-order valence-corrected chi connectivity index (χ1v) is 9.25. The monoisotopic (exact) mass is 362 g/mol. The van der Waals surface area contributed by atoms with Gasteiger partial charge in [0.05, 0.1) is 23.7 Å². The van der Waals surface area contributed by atoms with E-state index in [1.165, 1.54) is 28.6 Å². The summed E-state index contributed by atoms with van der Waals surface area (Å²) in [5.41, 5.74) is 0.974. The van der Waals surface area contributed by atoms with Crippen LogP contribution in [0.15, 0.2) is 53.4 Å². The van der Waals surface area contributed by atoms with Crippen molar-refractivity contribution in [2.45, 2.75) is 11.8 Å². The van der Waals surface area contributed by atoms with Crippen LogP contribution < -0.4 is 14.4 Å². The van der Waals surface area contributed by atoms with E-state index in [2.05, 4.69) is 5.32 Å². The quantitative estimate of drug-likeness (QED) is 0.904. The van der Waals surface area contributed by atoms with Gasteiger partial charge < -0.3 is 9.47 Å². The van der Waals surface area contributed by atoms with Crippen LogP contribution in [0.2, 0.25) is 0 Å². The zero-order valence-electron chi connectivity index (χ0n) is 13.6. The molecule has 25 heavy (non-hydrogen) atoms. The Morgan fingerprint density at radius 2 is 1.92 bits per heavy atom. The van der Waals surface area contributed by atoms with Gasteiger partial charge in [0.2, 0.25) is 0 Å². The molecule has 1 heterocycles. The smallest absolute Gasteiger partial charge is 0.411 e. The first-order chi connectivity index (χ1) is 12.0. The Morgan fingerprint density at radius 3 is 2.64 bits per heavy atom. The number of fused-ring (bicyclic) bond motifs is 1. The number of anilines is 2. The first kappa shape index (κ1) is 17.1. The summed E-state index contributed by atoms with van der Waals surface area (Å²) >= 11 is 0. The Morgan fingerprint density at radius 1 is 1.20 bits per heavy atom. The third kappa shape index (κ3) is 3.53. The highest BCUT2D eigenvalue weighted by molar-refractivity contribution is 7.92. The third-order valence-corrected chi connectivity index (χ3v) is 5.48. The van der Waals surface area contributed by atoms with Gasteiger partial charge in [-0.2, -0.15) is 0 Å². The molecule has 0 radical (unpaired) electrons. The van der Waals surface area contributed by atoms with Crippen LogP contribution in [0, 0.1) is 0 Å². The second-order valence-corrected chi connectivity index (χ2v) is 7.13. The van der Waals surface area contributed by atoms with E-state index in [-0.39, 0.29) is 18.0 Å². The van der Waals surface area contributed by atoms with Crippen LogP contribution >= 0.6 is 0 Å². The molecule has 0 bridgehead atoms. The number of rotatable bonds is 4. The molecular formula is C17H18N2O5S. The van der Waals surface area contributed by atoms with E-state index in [9.17, 15) is 13.2 Å². The largest absolute Gasteiger partial charge is 0.489 e. The maximum atomic E-state index is 12.9. The molecule has 1 aliphatic heterocycles. The van der Waals surface area contributed by atoms with Gasteiger partial charge in [-0.15, -0.1) is 0 Å². The van der Waals surface area contributed by atoms with E-state index in [0.717, 1.165) is 0 Å². The minimum absolute atomic E-state index is 0.138. The van der Waals surface area contributed by atoms with E-state index < -0.39 is 16.1 Å². The maximum absolute atomic E-state index is 12.9. The van der Waals surface area contributed by atoms with Crippen molar-refractivity contribution in [1.82, 2.24) is 0 Å². The number of amides is 1. The molecule has 0 unspecified atom stereocenters. The number of sulfonamides is 1. The second-order valence-electron chi connectivity index (χ2n) is 5.26. The summed E-state index contributed by atoms with van der Waals surface area (Å²) in [7, 11) is -3.72. The summed E-state index contributed by atoms with van der Waals surface area (Å²) in [5, 5.41) is 2.53. The van der Waals surface area contributed by atoms with Gasteiger partial charge in [0.25, 0.3) is 10.0 Å². The zero-order valence-corrected chi connectivity index (χ0v) is 14.5. The van der Waals surface area contributed by atoms with Gasteiger partial charge in [-0.1, -0.05) is 12.1 Å². The van der Waals surface area contributed by atoms with Gasteiger partial charge in [-0.3, -0.25) is 9.62 Å². The van der Waals surface area contributed by atoms with Gasteiger partial charge in [0.1, 0.15) is 12.4 Å². The molecule has 1 aliphatic rings. The summed E-state index contributed by atoms with van der Waals surface area (Å²) in [6, 6.07) is 13.0. The number of nitrogens with one attached hydrogen (secondary N) is 1. The van der Waals surface area contributed by atoms with Crippen LogP contribution in [-0.2, 0) is 14.8 Å². The van der Waals surface area contributed by atoms with Crippen molar-refractivity contribution in [3.05, 3.63) is 48.5 Å². The Labute approximate surface area is 146 Å². The fourth-order valence-electron chi connectivity index (χ4n) is 2.52. The van der Waals surface area contributed by atoms with Crippen LogP contribution in [0.5, 0.6) is 5.75 Å². The normalized spacial score (nSPS) is 13.6. The van der Waals surface area contributed by atoms with Crippen molar-refractivity contribution in [3.63, 3.8) is 0 Å². The number of hydrogen-bond donors (Lipinski definition) is 1. The summed E-state index contributed by atoms with van der Waals surface area (Å²) in [5.74, 6) is 0.540. The predicted molar refractivity (Wildman–Crippen MR) is 93.6 cm³/mol. The molecular weight excluding hydrogens is 344 g/mol. The first-order valence-electron chi connectivity index (χ1n) is 7.81. The van der Waals surface area contributed by atoms with E-state index in [1.807, 2.05) is 0 Å². The molecule has 2 aromatic rings. The van der Waals surface area contributed by atoms with Crippen molar-refractivity contribution in [2.75, 3.05) is 29.4 Å². The fourth-order valence-corrected chi connectivity index (χ4v) is 3.98. The molecule has 7 nitrogen and oxygen atoms in total. The average Bonchev–Trinajstić information content (AvgIpc) is 2.62. The lowest BCUT2D eigenvalue weighted by atomic mass is 10.2. The molecule has 0 saturated carbocycles. The second kappa shape index (κ2) is 7.02. The van der Waals surface area contributed by atoms with Crippen molar-refractivity contribution in [3.8, 4) is 5.75 Å². The molecule has 0 aliphatic carbocycles. The van der Waals surface area contributed by atoms with Gasteiger partial charge in [-0.05, 0) is 43.3 Å². The van der Waals surface area contributed by atoms with E-state index >= 15 is 0 Å². The number of para-hydroxylation sites is 2. The van der Waals surface area contributed by atoms with Crippen LogP contribution in [0.1, 0.15) is 6.92 Å². The fraction of sp³-hybridized carbons (Fsp3) is 0.235. The van der Waals surface area contributed by atoms with Gasteiger partial charge in [-0.25, -0.2) is 13.2 Å². The SMILES string of the molecule is CCOC(=O)Nc1ccc(S(=O)(=O)N2CCOc3ccccc32)cc1. The molecule has 0 fully saturated rings. The molecule has 1 N–H and O–H groups in total. The lowest BCUT2D eigenvalue weighted by Gasteiger charge is -2.30. The molecule has 0 saturated heterocycles. The Kier molecular flexibility index (Phi) is 4.80. The summed E-state index contributed by atoms with van der Waals surface area (Å²) < 4.78 is 37.5. The summed E-state index contributed by atoms with van der Waals surface area (Å²) in [6.07, 6.45) is -0.583. The highest BCUT2D eigenvalue weighted by Crippen LogP contribution is 2.34. The zero-order chi connectivity index (χ0) is 17.9. The Hall–Kier alpha value is -2.74. The van der Waals surface area contributed by atoms with Crippen LogP contribution in [0.25, 0.3) is 0 Å². The van der Waals surface area contributed by atoms with E-state index in [4.69, 9.17) is 9.47 Å². The molecule has 0 atom stereocenters. The minimum Gasteiger partial charge on any atom is -0.489 e.